The van der Waals surface area contributed by atoms with Crippen molar-refractivity contribution < 1.29 is 26.8 Å². The van der Waals surface area contributed by atoms with Gasteiger partial charge in [-0.3, -0.25) is 4.79 Å². The second kappa shape index (κ2) is 11.5. The van der Waals surface area contributed by atoms with Crippen LogP contribution in [-0.2, 0) is 4.79 Å². The Hall–Kier alpha value is -1.00. The summed E-state index contributed by atoms with van der Waals surface area (Å²) >= 11 is 0. The molecule has 0 aromatic carbocycles. The highest BCUT2D eigenvalue weighted by atomic mass is 35.5. The minimum atomic E-state index is -0.0404. The summed E-state index contributed by atoms with van der Waals surface area (Å²) in [4.78, 5) is 11.1. The lowest BCUT2D eigenvalue weighted by Gasteiger charge is -2.23. The van der Waals surface area contributed by atoms with Gasteiger partial charge in [0.1, 0.15) is 0 Å². The smallest absolute Gasteiger partial charge is 0.246 e. The zero-order chi connectivity index (χ0) is 13.2. The van der Waals surface area contributed by atoms with Crippen molar-refractivity contribution in [1.82, 2.24) is 5.32 Å². The first-order chi connectivity index (χ1) is 7.24. The Labute approximate surface area is 111 Å². The van der Waals surface area contributed by atoms with E-state index in [1.165, 1.54) is 0 Å². The van der Waals surface area contributed by atoms with Crippen molar-refractivity contribution in [2.75, 3.05) is 34.2 Å². The lowest BCUT2D eigenvalue weighted by molar-refractivity contribution is -0.870. The van der Waals surface area contributed by atoms with Crippen molar-refractivity contribution in [3.63, 3.8) is 0 Å². The standard InChI is InChI=1S/C10H20N2O.C2H4O.ClH/c1-9(2)10(13)11-7-6-8-12(3,4)5;1-2-3;/h1,6-8H2,2-5H3;2-3H,1H2;1H. The van der Waals surface area contributed by atoms with Crippen molar-refractivity contribution in [1.29, 1.82) is 0 Å². The summed E-state index contributed by atoms with van der Waals surface area (Å²) in [5.74, 6) is -0.0404. The molecule has 0 aliphatic heterocycles. The van der Waals surface area contributed by atoms with Crippen LogP contribution in [-0.4, -0.2) is 49.7 Å². The van der Waals surface area contributed by atoms with Gasteiger partial charge in [0.2, 0.25) is 5.91 Å². The molecule has 0 fully saturated rings. The average Bonchev–Trinajstić information content (AvgIpc) is 2.11. The molecular formula is C12H25ClN2O2. The molecule has 102 valence electrons. The highest BCUT2D eigenvalue weighted by Gasteiger charge is 2.06. The summed E-state index contributed by atoms with van der Waals surface area (Å²) in [5.41, 5.74) is 0.574. The van der Waals surface area contributed by atoms with Crippen LogP contribution in [0.2, 0.25) is 0 Å². The quantitative estimate of drug-likeness (QED) is 0.274. The summed E-state index contributed by atoms with van der Waals surface area (Å²) in [6.07, 6.45) is 1.75. The Morgan fingerprint density at radius 2 is 1.82 bits per heavy atom. The molecule has 2 N–H and O–H groups in total. The molecule has 0 heterocycles. The first-order valence-electron chi connectivity index (χ1n) is 5.24. The Balaban J connectivity index is -0.000000440. The third-order valence-corrected chi connectivity index (χ3v) is 1.68. The van der Waals surface area contributed by atoms with Crippen molar-refractivity contribution in [2.24, 2.45) is 0 Å². The van der Waals surface area contributed by atoms with E-state index < -0.39 is 0 Å². The van der Waals surface area contributed by atoms with Gasteiger partial charge in [0.15, 0.2) is 0 Å². The molecule has 1 amide bonds. The molecule has 0 bridgehead atoms. The van der Waals surface area contributed by atoms with Crippen molar-refractivity contribution in [2.45, 2.75) is 13.3 Å². The number of aliphatic hydroxyl groups excluding tert-OH is 1. The van der Waals surface area contributed by atoms with Gasteiger partial charge in [-0.2, -0.15) is 0 Å². The fourth-order valence-electron chi connectivity index (χ4n) is 0.906. The second-order valence-electron chi connectivity index (χ2n) is 4.59. The van der Waals surface area contributed by atoms with E-state index in [9.17, 15) is 4.79 Å². The SMILES string of the molecule is C=C(C)C(=O)NCCC[N+](C)(C)C.C=CO.[Cl-]. The number of quaternary nitrogens is 1. The molecule has 0 saturated heterocycles. The van der Waals surface area contributed by atoms with Gasteiger partial charge < -0.3 is 27.3 Å². The monoisotopic (exact) mass is 264 g/mol. The highest BCUT2D eigenvalue weighted by molar-refractivity contribution is 5.91. The van der Waals surface area contributed by atoms with Crippen LogP contribution in [0.1, 0.15) is 13.3 Å². The summed E-state index contributed by atoms with van der Waals surface area (Å²) in [6, 6.07) is 0. The molecule has 0 aromatic rings. The van der Waals surface area contributed by atoms with Crippen LogP contribution in [0.5, 0.6) is 0 Å². The third-order valence-electron chi connectivity index (χ3n) is 1.68. The fourth-order valence-corrected chi connectivity index (χ4v) is 0.906. The predicted molar refractivity (Wildman–Crippen MR) is 68.2 cm³/mol. The van der Waals surface area contributed by atoms with E-state index in [1.54, 1.807) is 6.92 Å². The van der Waals surface area contributed by atoms with E-state index in [1.807, 2.05) is 0 Å². The molecule has 0 saturated carbocycles. The van der Waals surface area contributed by atoms with Crippen molar-refractivity contribution in [3.05, 3.63) is 25.0 Å². The van der Waals surface area contributed by atoms with E-state index in [2.05, 4.69) is 39.6 Å². The molecule has 4 nitrogen and oxygen atoms in total. The van der Waals surface area contributed by atoms with Crippen LogP contribution >= 0.6 is 0 Å². The number of aliphatic hydroxyl groups is 1. The van der Waals surface area contributed by atoms with Crippen molar-refractivity contribution >= 4 is 5.91 Å². The number of hydrogen-bond donors (Lipinski definition) is 2. The molecule has 0 spiro atoms. The zero-order valence-corrected chi connectivity index (χ0v) is 12.0. The summed E-state index contributed by atoms with van der Waals surface area (Å²) in [6.45, 7) is 10.0. The van der Waals surface area contributed by atoms with Crippen LogP contribution in [0.25, 0.3) is 0 Å². The summed E-state index contributed by atoms with van der Waals surface area (Å²) in [7, 11) is 6.42. The number of halogens is 1. The zero-order valence-electron chi connectivity index (χ0n) is 11.3. The maximum atomic E-state index is 11.1. The maximum absolute atomic E-state index is 11.1. The van der Waals surface area contributed by atoms with Crippen LogP contribution in [0, 0.1) is 0 Å². The molecule has 0 aromatic heterocycles. The number of nitrogens with zero attached hydrogens (tertiary/aromatic N) is 1. The normalized spacial score (nSPS) is 9.18. The molecule has 5 heteroatoms. The Bertz CT molecular complexity index is 235. The minimum Gasteiger partial charge on any atom is -1.00 e. The Morgan fingerprint density at radius 3 is 2.12 bits per heavy atom. The number of nitrogens with one attached hydrogen (secondary N) is 1. The predicted octanol–water partition coefficient (Wildman–Crippen LogP) is -1.53. The Morgan fingerprint density at radius 1 is 1.41 bits per heavy atom. The molecule has 0 aliphatic rings. The molecule has 0 atom stereocenters. The number of hydrogen-bond acceptors (Lipinski definition) is 2. The van der Waals surface area contributed by atoms with E-state index >= 15 is 0 Å². The molecule has 0 radical (unpaired) electrons. The number of carbonyl (C=O) groups is 1. The van der Waals surface area contributed by atoms with E-state index in [0.717, 1.165) is 30.3 Å². The van der Waals surface area contributed by atoms with E-state index in [4.69, 9.17) is 5.11 Å². The highest BCUT2D eigenvalue weighted by Crippen LogP contribution is 1.92. The molecule has 0 rings (SSSR count). The number of carbonyl (C=O) groups excluding carboxylic acids is 1. The molecule has 17 heavy (non-hydrogen) atoms. The summed E-state index contributed by atoms with van der Waals surface area (Å²) in [5, 5.41) is 10.1. The van der Waals surface area contributed by atoms with Gasteiger partial charge >= 0.3 is 0 Å². The lowest BCUT2D eigenvalue weighted by Crippen LogP contribution is -3.00. The molecule has 0 unspecified atom stereocenters. The van der Waals surface area contributed by atoms with Crippen molar-refractivity contribution in [3.8, 4) is 0 Å². The minimum absolute atomic E-state index is 0. The van der Waals surface area contributed by atoms with E-state index in [-0.39, 0.29) is 18.3 Å². The maximum Gasteiger partial charge on any atom is 0.246 e. The van der Waals surface area contributed by atoms with Crippen LogP contribution in [0.4, 0.5) is 0 Å². The first kappa shape index (κ1) is 21.3. The van der Waals surface area contributed by atoms with Gasteiger partial charge in [0.25, 0.3) is 0 Å². The van der Waals surface area contributed by atoms with Gasteiger partial charge in [0, 0.05) is 18.5 Å². The van der Waals surface area contributed by atoms with E-state index in [0.29, 0.717) is 5.57 Å². The fraction of sp³-hybridized carbons (Fsp3) is 0.583. The van der Waals surface area contributed by atoms with Gasteiger partial charge in [-0.1, -0.05) is 13.2 Å². The van der Waals surface area contributed by atoms with Crippen LogP contribution in [0.3, 0.4) is 0 Å². The second-order valence-corrected chi connectivity index (χ2v) is 4.59. The third kappa shape index (κ3) is 21.0. The molecular weight excluding hydrogens is 240 g/mol. The number of rotatable bonds is 5. The van der Waals surface area contributed by atoms with Crippen LogP contribution in [0.15, 0.2) is 25.0 Å². The lowest BCUT2D eigenvalue weighted by atomic mass is 10.3. The van der Waals surface area contributed by atoms with Gasteiger partial charge in [0.05, 0.1) is 33.9 Å². The van der Waals surface area contributed by atoms with Crippen LogP contribution < -0.4 is 17.7 Å². The topological polar surface area (TPSA) is 49.3 Å². The van der Waals surface area contributed by atoms with Gasteiger partial charge in [-0.25, -0.2) is 0 Å². The Kier molecular flexibility index (Phi) is 14.4. The number of amides is 1. The van der Waals surface area contributed by atoms with Gasteiger partial charge in [-0.15, -0.1) is 0 Å². The summed E-state index contributed by atoms with van der Waals surface area (Å²) < 4.78 is 0.933. The molecule has 0 aliphatic carbocycles. The van der Waals surface area contributed by atoms with Gasteiger partial charge in [-0.05, 0) is 6.92 Å². The first-order valence-corrected chi connectivity index (χ1v) is 5.24. The average molecular weight is 265 g/mol. The largest absolute Gasteiger partial charge is 1.00 e.